The average molecular weight is 597 g/mol. The van der Waals surface area contributed by atoms with E-state index in [4.69, 9.17) is 0 Å². The number of hydrogen-bond acceptors (Lipinski definition) is 2. The van der Waals surface area contributed by atoms with Crippen LogP contribution in [0.3, 0.4) is 0 Å². The van der Waals surface area contributed by atoms with E-state index >= 15 is 0 Å². The van der Waals surface area contributed by atoms with Crippen molar-refractivity contribution in [3.63, 3.8) is 0 Å². The summed E-state index contributed by atoms with van der Waals surface area (Å²) in [4.78, 5) is 0. The van der Waals surface area contributed by atoms with Gasteiger partial charge in [0.05, 0.1) is 12.2 Å². The molecule has 2 aliphatic carbocycles. The molecule has 0 saturated carbocycles. The molecule has 44 heavy (non-hydrogen) atoms. The number of hydrogen-bond donors (Lipinski definition) is 2. The zero-order valence-corrected chi connectivity index (χ0v) is 29.4. The molecule has 0 aromatic carbocycles. The van der Waals surface area contributed by atoms with E-state index in [0.29, 0.717) is 0 Å². The molecule has 2 atom stereocenters. The van der Waals surface area contributed by atoms with Crippen molar-refractivity contribution in [1.29, 1.82) is 0 Å². The minimum absolute atomic E-state index is 0.00547. The molecule has 0 aromatic heterocycles. The lowest BCUT2D eigenvalue weighted by Gasteiger charge is -2.35. The van der Waals surface area contributed by atoms with Gasteiger partial charge in [-0.25, -0.2) is 0 Å². The first kappa shape index (κ1) is 38.8. The van der Waals surface area contributed by atoms with Crippen LogP contribution in [0.2, 0.25) is 0 Å². The maximum Gasteiger partial charge on any atom is 0.0585 e. The molecular weight excluding hydrogens is 536 g/mol. The quantitative estimate of drug-likeness (QED) is 0.194. The fourth-order valence-corrected chi connectivity index (χ4v) is 6.13. The molecule has 0 saturated heterocycles. The van der Waals surface area contributed by atoms with Crippen LogP contribution in [0.4, 0.5) is 0 Å². The van der Waals surface area contributed by atoms with Gasteiger partial charge in [-0.05, 0) is 89.2 Å². The number of rotatable bonds is 10. The van der Waals surface area contributed by atoms with Crippen LogP contribution in [0.25, 0.3) is 0 Å². The van der Waals surface area contributed by atoms with Gasteiger partial charge < -0.3 is 10.2 Å². The lowest BCUT2D eigenvalue weighted by molar-refractivity contribution is 0.116. The van der Waals surface area contributed by atoms with Crippen LogP contribution in [-0.2, 0) is 0 Å². The Morgan fingerprint density at radius 3 is 1.18 bits per heavy atom. The molecule has 0 spiro atoms. The highest BCUT2D eigenvalue weighted by atomic mass is 16.3. The molecule has 2 N–H and O–H groups in total. The third-order valence-corrected chi connectivity index (χ3v) is 8.24. The molecule has 0 radical (unpaired) electrons. The normalized spacial score (nSPS) is 24.0. The van der Waals surface area contributed by atoms with Gasteiger partial charge in [0.2, 0.25) is 0 Å². The van der Waals surface area contributed by atoms with Gasteiger partial charge in [0, 0.05) is 0 Å². The van der Waals surface area contributed by atoms with Crippen molar-refractivity contribution < 1.29 is 10.2 Å². The third kappa shape index (κ3) is 13.6. The van der Waals surface area contributed by atoms with E-state index in [1.807, 2.05) is 0 Å². The first-order valence-electron chi connectivity index (χ1n) is 16.0. The van der Waals surface area contributed by atoms with Crippen LogP contribution in [0, 0.1) is 10.8 Å². The summed E-state index contributed by atoms with van der Waals surface area (Å²) in [6, 6.07) is 0. The second-order valence-corrected chi connectivity index (χ2v) is 13.7. The van der Waals surface area contributed by atoms with Gasteiger partial charge in [0.15, 0.2) is 0 Å². The minimum atomic E-state index is -0.227. The summed E-state index contributed by atoms with van der Waals surface area (Å²) >= 11 is 0. The zero-order valence-electron chi connectivity index (χ0n) is 29.4. The molecule has 2 nitrogen and oxygen atoms in total. The molecular formula is C42H60O2. The first-order valence-corrected chi connectivity index (χ1v) is 16.0. The van der Waals surface area contributed by atoms with Crippen molar-refractivity contribution in [3.05, 3.63) is 143 Å². The van der Waals surface area contributed by atoms with E-state index in [2.05, 4.69) is 167 Å². The van der Waals surface area contributed by atoms with Gasteiger partial charge in [0.1, 0.15) is 0 Å². The number of allylic oxidation sites excluding steroid dienone is 20. The summed E-state index contributed by atoms with van der Waals surface area (Å²) in [7, 11) is 0. The topological polar surface area (TPSA) is 40.5 Å². The number of aliphatic hydroxyl groups is 2. The summed E-state index contributed by atoms with van der Waals surface area (Å²) in [5.74, 6) is 0. The largest absolute Gasteiger partial charge is 0.393 e. The Balaban J connectivity index is 0.00000474. The highest BCUT2D eigenvalue weighted by molar-refractivity contribution is 5.39. The van der Waals surface area contributed by atoms with Crippen LogP contribution in [0.15, 0.2) is 143 Å². The van der Waals surface area contributed by atoms with E-state index in [0.717, 1.165) is 25.7 Å². The fraction of sp³-hybridized carbons (Fsp3) is 0.429. The van der Waals surface area contributed by atoms with Crippen molar-refractivity contribution in [2.75, 3.05) is 0 Å². The Kier molecular flexibility index (Phi) is 16.4. The molecule has 0 amide bonds. The molecule has 240 valence electrons. The molecule has 0 aliphatic heterocycles. The lowest BCUT2D eigenvalue weighted by Crippen LogP contribution is -2.28. The van der Waals surface area contributed by atoms with Crippen LogP contribution >= 0.6 is 0 Å². The molecule has 0 heterocycles. The summed E-state index contributed by atoms with van der Waals surface area (Å²) in [5, 5.41) is 20.2. The van der Waals surface area contributed by atoms with E-state index in [-0.39, 0.29) is 23.0 Å². The van der Waals surface area contributed by atoms with Gasteiger partial charge in [-0.3, -0.25) is 0 Å². The van der Waals surface area contributed by atoms with Crippen LogP contribution in [0.1, 0.15) is 94.9 Å². The van der Waals surface area contributed by atoms with Gasteiger partial charge in [-0.15, -0.1) is 13.2 Å². The fourth-order valence-electron chi connectivity index (χ4n) is 6.13. The minimum Gasteiger partial charge on any atom is -0.393 e. The maximum atomic E-state index is 10.1. The predicted molar refractivity (Wildman–Crippen MR) is 195 cm³/mol. The van der Waals surface area contributed by atoms with E-state index in [1.165, 1.54) is 44.6 Å². The van der Waals surface area contributed by atoms with Crippen molar-refractivity contribution in [2.24, 2.45) is 10.8 Å². The second kappa shape index (κ2) is 18.6. The predicted octanol–water partition coefficient (Wildman–Crippen LogP) is 11.3. The summed E-state index contributed by atoms with van der Waals surface area (Å²) in [6.07, 6.45) is 32.6. The van der Waals surface area contributed by atoms with Crippen molar-refractivity contribution in [1.82, 2.24) is 0 Å². The Labute approximate surface area is 270 Å². The Bertz CT molecular complexity index is 1200. The van der Waals surface area contributed by atoms with E-state index in [9.17, 15) is 10.2 Å². The Hall–Kier alpha value is -3.20. The van der Waals surface area contributed by atoms with Crippen molar-refractivity contribution in [3.8, 4) is 0 Å². The molecule has 2 unspecified atom stereocenters. The third-order valence-electron chi connectivity index (χ3n) is 8.24. The summed E-state index contributed by atoms with van der Waals surface area (Å²) < 4.78 is 0. The second-order valence-electron chi connectivity index (χ2n) is 13.7. The Morgan fingerprint density at radius 2 is 0.864 bits per heavy atom. The summed E-state index contributed by atoms with van der Waals surface area (Å²) in [6.45, 7) is 27.6. The maximum absolute atomic E-state index is 10.1. The van der Waals surface area contributed by atoms with E-state index < -0.39 is 0 Å². The van der Waals surface area contributed by atoms with Gasteiger partial charge in [0.25, 0.3) is 0 Å². The smallest absolute Gasteiger partial charge is 0.0585 e. The highest BCUT2D eigenvalue weighted by Gasteiger charge is 2.32. The van der Waals surface area contributed by atoms with Gasteiger partial charge in [-0.1, -0.05) is 146 Å². The van der Waals surface area contributed by atoms with Crippen LogP contribution < -0.4 is 0 Å². The molecule has 0 aromatic rings. The zero-order chi connectivity index (χ0) is 33.5. The molecule has 2 aliphatic rings. The van der Waals surface area contributed by atoms with Crippen molar-refractivity contribution in [2.45, 2.75) is 107 Å². The molecule has 0 bridgehead atoms. The average Bonchev–Trinajstić information content (AvgIpc) is 2.90. The molecule has 2 heteroatoms. The highest BCUT2D eigenvalue weighted by Crippen LogP contribution is 2.42. The standard InChI is InChI=1S/C40H56O2.C2H4/c1-29(17-13-19-31(3)21-23-37-33(5)25-35(41)27-39(37,7)8)15-11-12-16-30(2)18-14-20-32(4)22-24-38-34(6)26-36(42)28-40(38,9)10;1-2/h11-24,35-36,41-42H,25-28H2,1-10H3;1-2H2/b12-11+,17-13+,18-14+,23-21+,24-22+,29-15+,30-16+,31-19-,32-20+;. The number of aliphatic hydroxyl groups excluding tert-OH is 2. The van der Waals surface area contributed by atoms with Crippen LogP contribution in [0.5, 0.6) is 0 Å². The Morgan fingerprint density at radius 1 is 0.568 bits per heavy atom. The molecule has 2 rings (SSSR count). The SMILES string of the molecule is C=C.CC1=C(/C=C/C(C)=C\C=C\C(C)=C\C=C\C=C(C)\C=C\C=C(C)\C=C\C2=C(C)CC(O)CC2(C)C)C(C)(C)CC(O)C1. The summed E-state index contributed by atoms with van der Waals surface area (Å²) in [5.41, 5.74) is 10.1. The first-order chi connectivity index (χ1) is 20.6. The van der Waals surface area contributed by atoms with Gasteiger partial charge >= 0.3 is 0 Å². The van der Waals surface area contributed by atoms with Gasteiger partial charge in [-0.2, -0.15) is 0 Å². The monoisotopic (exact) mass is 596 g/mol. The van der Waals surface area contributed by atoms with Crippen LogP contribution in [-0.4, -0.2) is 22.4 Å². The van der Waals surface area contributed by atoms with Crippen molar-refractivity contribution >= 4 is 0 Å². The molecule has 0 fully saturated rings. The lowest BCUT2D eigenvalue weighted by atomic mass is 9.71. The van der Waals surface area contributed by atoms with E-state index in [1.54, 1.807) is 0 Å².